The summed E-state index contributed by atoms with van der Waals surface area (Å²) in [7, 11) is 0. The molecule has 3 aromatic rings. The van der Waals surface area contributed by atoms with Crippen molar-refractivity contribution in [1.82, 2.24) is 10.3 Å². The Morgan fingerprint density at radius 2 is 1.91 bits per heavy atom. The van der Waals surface area contributed by atoms with Crippen LogP contribution in [-0.4, -0.2) is 22.5 Å². The molecule has 3 rings (SSSR count). The first kappa shape index (κ1) is 15.6. The topological polar surface area (TPSA) is 65.1 Å². The molecule has 0 aliphatic heterocycles. The predicted octanol–water partition coefficient (Wildman–Crippen LogP) is 3.59. The van der Waals surface area contributed by atoms with Crippen molar-refractivity contribution in [3.8, 4) is 0 Å². The number of carbonyl (C=O) groups excluding carboxylic acids is 1. The third-order valence-corrected chi connectivity index (χ3v) is 4.08. The van der Waals surface area contributed by atoms with E-state index in [0.29, 0.717) is 16.1 Å². The molecular weight excluding hydrogens is 312 g/mol. The number of fused-ring (bicyclic) bond motifs is 1. The summed E-state index contributed by atoms with van der Waals surface area (Å²) < 4.78 is 0. The van der Waals surface area contributed by atoms with E-state index in [-0.39, 0.29) is 12.5 Å². The number of rotatable bonds is 4. The van der Waals surface area contributed by atoms with Crippen LogP contribution in [0.1, 0.15) is 27.7 Å². The minimum Gasteiger partial charge on any atom is -0.387 e. The molecule has 118 valence electrons. The van der Waals surface area contributed by atoms with Gasteiger partial charge in [0, 0.05) is 28.2 Å². The standard InChI is InChI=1S/C18H17ClN2O2/c1-11-17(14-4-2-3-5-15(14)21-11)18(23)20-10-16(22)12-6-8-13(19)9-7-12/h2-9,16,21-22H,10H2,1H3,(H,20,23). The number of aromatic amines is 1. The van der Waals surface area contributed by atoms with Gasteiger partial charge in [-0.05, 0) is 30.7 Å². The minimum absolute atomic E-state index is 0.138. The van der Waals surface area contributed by atoms with E-state index in [1.807, 2.05) is 31.2 Å². The molecule has 1 aromatic heterocycles. The van der Waals surface area contributed by atoms with Crippen LogP contribution in [-0.2, 0) is 0 Å². The van der Waals surface area contributed by atoms with Gasteiger partial charge in [-0.15, -0.1) is 0 Å². The molecule has 1 heterocycles. The summed E-state index contributed by atoms with van der Waals surface area (Å²) in [6.45, 7) is 2.00. The second kappa shape index (κ2) is 6.44. The molecule has 1 atom stereocenters. The fraction of sp³-hybridized carbons (Fsp3) is 0.167. The fourth-order valence-electron chi connectivity index (χ4n) is 2.65. The molecule has 4 nitrogen and oxygen atoms in total. The lowest BCUT2D eigenvalue weighted by Gasteiger charge is -2.12. The summed E-state index contributed by atoms with van der Waals surface area (Å²) in [5, 5.41) is 14.5. The number of aromatic nitrogens is 1. The predicted molar refractivity (Wildman–Crippen MR) is 91.8 cm³/mol. The van der Waals surface area contributed by atoms with Crippen LogP contribution in [0.4, 0.5) is 0 Å². The Kier molecular flexibility index (Phi) is 4.37. The molecule has 0 spiro atoms. The van der Waals surface area contributed by atoms with Crippen LogP contribution in [0.5, 0.6) is 0 Å². The molecular formula is C18H17ClN2O2. The van der Waals surface area contributed by atoms with Crippen LogP contribution in [0.2, 0.25) is 5.02 Å². The van der Waals surface area contributed by atoms with E-state index < -0.39 is 6.10 Å². The first-order valence-corrected chi connectivity index (χ1v) is 7.73. The Morgan fingerprint density at radius 3 is 2.65 bits per heavy atom. The van der Waals surface area contributed by atoms with Gasteiger partial charge >= 0.3 is 0 Å². The minimum atomic E-state index is -0.776. The number of aliphatic hydroxyl groups excluding tert-OH is 1. The van der Waals surface area contributed by atoms with Crippen molar-refractivity contribution >= 4 is 28.4 Å². The number of hydrogen-bond acceptors (Lipinski definition) is 2. The zero-order chi connectivity index (χ0) is 16.4. The summed E-state index contributed by atoms with van der Waals surface area (Å²) in [4.78, 5) is 15.7. The summed E-state index contributed by atoms with van der Waals surface area (Å²) in [6.07, 6.45) is -0.776. The van der Waals surface area contributed by atoms with E-state index in [0.717, 1.165) is 16.6 Å². The zero-order valence-electron chi connectivity index (χ0n) is 12.6. The Balaban J connectivity index is 1.74. The second-order valence-electron chi connectivity index (χ2n) is 5.45. The monoisotopic (exact) mass is 328 g/mol. The number of aliphatic hydroxyl groups is 1. The van der Waals surface area contributed by atoms with Gasteiger partial charge in [0.15, 0.2) is 0 Å². The van der Waals surface area contributed by atoms with Gasteiger partial charge in [0.25, 0.3) is 5.91 Å². The second-order valence-corrected chi connectivity index (χ2v) is 5.88. The van der Waals surface area contributed by atoms with Gasteiger partial charge in [0.2, 0.25) is 0 Å². The zero-order valence-corrected chi connectivity index (χ0v) is 13.4. The molecule has 3 N–H and O–H groups in total. The van der Waals surface area contributed by atoms with Crippen molar-refractivity contribution in [1.29, 1.82) is 0 Å². The number of nitrogens with one attached hydrogen (secondary N) is 2. The number of hydrogen-bond donors (Lipinski definition) is 3. The van der Waals surface area contributed by atoms with Gasteiger partial charge in [-0.25, -0.2) is 0 Å². The summed E-state index contributed by atoms with van der Waals surface area (Å²) in [6, 6.07) is 14.6. The van der Waals surface area contributed by atoms with Gasteiger partial charge in [0.1, 0.15) is 0 Å². The molecule has 0 bridgehead atoms. The molecule has 0 aliphatic rings. The quantitative estimate of drug-likeness (QED) is 0.685. The van der Waals surface area contributed by atoms with Crippen molar-refractivity contribution in [2.75, 3.05) is 6.54 Å². The van der Waals surface area contributed by atoms with Crippen molar-refractivity contribution in [2.24, 2.45) is 0 Å². The number of benzene rings is 2. The maximum Gasteiger partial charge on any atom is 0.253 e. The molecule has 2 aromatic carbocycles. The highest BCUT2D eigenvalue weighted by Gasteiger charge is 2.17. The maximum absolute atomic E-state index is 12.5. The van der Waals surface area contributed by atoms with Crippen LogP contribution >= 0.6 is 11.6 Å². The summed E-state index contributed by atoms with van der Waals surface area (Å²) in [5.74, 6) is -0.201. The van der Waals surface area contributed by atoms with Crippen molar-refractivity contribution in [3.63, 3.8) is 0 Å². The third kappa shape index (κ3) is 3.23. The van der Waals surface area contributed by atoms with Crippen molar-refractivity contribution < 1.29 is 9.90 Å². The molecule has 1 amide bonds. The molecule has 5 heteroatoms. The van der Waals surface area contributed by atoms with Crippen LogP contribution in [0.3, 0.4) is 0 Å². The number of H-pyrrole nitrogens is 1. The average molecular weight is 329 g/mol. The van der Waals surface area contributed by atoms with Gasteiger partial charge in [-0.2, -0.15) is 0 Å². The van der Waals surface area contributed by atoms with Crippen LogP contribution in [0, 0.1) is 6.92 Å². The van der Waals surface area contributed by atoms with E-state index in [9.17, 15) is 9.90 Å². The van der Waals surface area contributed by atoms with Crippen molar-refractivity contribution in [3.05, 3.63) is 70.4 Å². The molecule has 0 saturated carbocycles. The van der Waals surface area contributed by atoms with Gasteiger partial charge < -0.3 is 15.4 Å². The molecule has 0 saturated heterocycles. The first-order valence-electron chi connectivity index (χ1n) is 7.35. The van der Waals surface area contributed by atoms with Crippen molar-refractivity contribution in [2.45, 2.75) is 13.0 Å². The molecule has 0 aliphatic carbocycles. The Hall–Kier alpha value is -2.30. The first-order chi connectivity index (χ1) is 11.1. The van der Waals surface area contributed by atoms with Crippen LogP contribution in [0.25, 0.3) is 10.9 Å². The lowest BCUT2D eigenvalue weighted by molar-refractivity contribution is 0.0917. The fourth-order valence-corrected chi connectivity index (χ4v) is 2.78. The number of halogens is 1. The maximum atomic E-state index is 12.5. The van der Waals surface area contributed by atoms with E-state index in [2.05, 4.69) is 10.3 Å². The van der Waals surface area contributed by atoms with E-state index >= 15 is 0 Å². The number of aryl methyl sites for hydroxylation is 1. The number of para-hydroxylation sites is 1. The lowest BCUT2D eigenvalue weighted by Crippen LogP contribution is -2.28. The van der Waals surface area contributed by atoms with Gasteiger partial charge in [-0.1, -0.05) is 41.9 Å². The third-order valence-electron chi connectivity index (χ3n) is 3.83. The lowest BCUT2D eigenvalue weighted by atomic mass is 10.1. The smallest absolute Gasteiger partial charge is 0.253 e. The summed E-state index contributed by atoms with van der Waals surface area (Å²) in [5.41, 5.74) is 3.06. The van der Waals surface area contributed by atoms with E-state index in [1.54, 1.807) is 24.3 Å². The Bertz CT molecular complexity index is 840. The molecule has 0 fully saturated rings. The molecule has 1 unspecified atom stereocenters. The number of carbonyl (C=O) groups is 1. The van der Waals surface area contributed by atoms with E-state index in [4.69, 9.17) is 11.6 Å². The highest BCUT2D eigenvalue weighted by molar-refractivity contribution is 6.30. The Labute approximate surface area is 139 Å². The van der Waals surface area contributed by atoms with Gasteiger partial charge in [0.05, 0.1) is 11.7 Å². The molecule has 0 radical (unpaired) electrons. The highest BCUT2D eigenvalue weighted by atomic mass is 35.5. The largest absolute Gasteiger partial charge is 0.387 e. The van der Waals surface area contributed by atoms with E-state index in [1.165, 1.54) is 0 Å². The normalized spacial score (nSPS) is 12.3. The molecule has 23 heavy (non-hydrogen) atoms. The number of amides is 1. The van der Waals surface area contributed by atoms with Crippen LogP contribution < -0.4 is 5.32 Å². The summed E-state index contributed by atoms with van der Waals surface area (Å²) >= 11 is 5.83. The SMILES string of the molecule is Cc1[nH]c2ccccc2c1C(=O)NCC(O)c1ccc(Cl)cc1. The average Bonchev–Trinajstić information content (AvgIpc) is 2.88. The highest BCUT2D eigenvalue weighted by Crippen LogP contribution is 2.22. The van der Waals surface area contributed by atoms with Gasteiger partial charge in [-0.3, -0.25) is 4.79 Å². The van der Waals surface area contributed by atoms with Crippen LogP contribution in [0.15, 0.2) is 48.5 Å². The Morgan fingerprint density at radius 1 is 1.22 bits per heavy atom.